The molecule has 5 rings (SSSR count). The van der Waals surface area contributed by atoms with Crippen LogP contribution in [0.1, 0.15) is 19.3 Å². The van der Waals surface area contributed by atoms with Crippen molar-refractivity contribution in [3.8, 4) is 0 Å². The van der Waals surface area contributed by atoms with Crippen LogP contribution in [0.25, 0.3) is 0 Å². The van der Waals surface area contributed by atoms with E-state index in [9.17, 15) is 0 Å². The van der Waals surface area contributed by atoms with Gasteiger partial charge >= 0.3 is 0 Å². The average molecular weight is 222 g/mol. The summed E-state index contributed by atoms with van der Waals surface area (Å²) in [7, 11) is 0. The standard InChI is InChI=1S/C13H18O3/c1-6-2-10(15-5-7-4-14-7)8(1)9-3-11-13(16-11)12(6)9/h6-13H,1-5H2. The predicted molar refractivity (Wildman–Crippen MR) is 56.0 cm³/mol. The highest BCUT2D eigenvalue weighted by molar-refractivity contribution is 5.14. The normalized spacial score (nSPS) is 64.5. The predicted octanol–water partition coefficient (Wildman–Crippen LogP) is 1.21. The third-order valence-electron chi connectivity index (χ3n) is 5.58. The molecule has 0 aromatic rings. The second kappa shape index (κ2) is 2.82. The Morgan fingerprint density at radius 3 is 2.94 bits per heavy atom. The van der Waals surface area contributed by atoms with E-state index < -0.39 is 0 Å². The Bertz CT molecular complexity index is 327. The highest BCUT2D eigenvalue weighted by Gasteiger charge is 2.66. The van der Waals surface area contributed by atoms with Crippen LogP contribution in [0.15, 0.2) is 0 Å². The van der Waals surface area contributed by atoms with Crippen LogP contribution in [0.2, 0.25) is 0 Å². The van der Waals surface area contributed by atoms with Crippen molar-refractivity contribution in [3.05, 3.63) is 0 Å². The van der Waals surface area contributed by atoms with Crippen LogP contribution in [0, 0.1) is 23.7 Å². The lowest BCUT2D eigenvalue weighted by atomic mass is 9.79. The van der Waals surface area contributed by atoms with Gasteiger partial charge in [-0.3, -0.25) is 0 Å². The fraction of sp³-hybridized carbons (Fsp3) is 1.00. The van der Waals surface area contributed by atoms with Crippen molar-refractivity contribution in [1.82, 2.24) is 0 Å². The Labute approximate surface area is 95.4 Å². The summed E-state index contributed by atoms with van der Waals surface area (Å²) in [6.07, 6.45) is 6.32. The maximum Gasteiger partial charge on any atom is 0.104 e. The van der Waals surface area contributed by atoms with E-state index in [0.717, 1.165) is 36.9 Å². The van der Waals surface area contributed by atoms with Crippen LogP contribution in [0.4, 0.5) is 0 Å². The van der Waals surface area contributed by atoms with Gasteiger partial charge in [-0.1, -0.05) is 0 Å². The molecule has 8 atom stereocenters. The first-order valence-electron chi connectivity index (χ1n) is 6.79. The van der Waals surface area contributed by atoms with E-state index in [0.29, 0.717) is 24.4 Å². The molecule has 2 heterocycles. The van der Waals surface area contributed by atoms with Gasteiger partial charge in [0.2, 0.25) is 0 Å². The topological polar surface area (TPSA) is 34.3 Å². The zero-order valence-electron chi connectivity index (χ0n) is 9.38. The van der Waals surface area contributed by atoms with Crippen LogP contribution >= 0.6 is 0 Å². The lowest BCUT2D eigenvalue weighted by Gasteiger charge is -2.32. The molecule has 3 aliphatic carbocycles. The molecule has 0 N–H and O–H groups in total. The van der Waals surface area contributed by atoms with Gasteiger partial charge in [-0.05, 0) is 42.9 Å². The van der Waals surface area contributed by atoms with Crippen molar-refractivity contribution >= 4 is 0 Å². The van der Waals surface area contributed by atoms with Gasteiger partial charge in [0.1, 0.15) is 6.10 Å². The molecule has 0 aromatic heterocycles. The third kappa shape index (κ3) is 1.09. The van der Waals surface area contributed by atoms with E-state index >= 15 is 0 Å². The molecule has 2 bridgehead atoms. The summed E-state index contributed by atoms with van der Waals surface area (Å²) in [4.78, 5) is 0. The molecule has 0 aromatic carbocycles. The Morgan fingerprint density at radius 2 is 2.06 bits per heavy atom. The van der Waals surface area contributed by atoms with Gasteiger partial charge in [-0.2, -0.15) is 0 Å². The molecule has 5 aliphatic rings. The van der Waals surface area contributed by atoms with Gasteiger partial charge in [0.05, 0.1) is 31.5 Å². The third-order valence-corrected chi connectivity index (χ3v) is 5.58. The highest BCUT2D eigenvalue weighted by atomic mass is 16.6. The van der Waals surface area contributed by atoms with Crippen molar-refractivity contribution < 1.29 is 14.2 Å². The molecule has 2 saturated heterocycles. The molecule has 2 aliphatic heterocycles. The molecule has 5 fully saturated rings. The number of epoxide rings is 2. The fourth-order valence-electron chi connectivity index (χ4n) is 4.85. The van der Waals surface area contributed by atoms with E-state index in [1.54, 1.807) is 0 Å². The maximum atomic E-state index is 6.05. The quantitative estimate of drug-likeness (QED) is 0.673. The first-order chi connectivity index (χ1) is 7.90. The van der Waals surface area contributed by atoms with Gasteiger partial charge in [0.15, 0.2) is 0 Å². The molecule has 0 spiro atoms. The van der Waals surface area contributed by atoms with Gasteiger partial charge < -0.3 is 14.2 Å². The first-order valence-corrected chi connectivity index (χ1v) is 6.79. The number of fused-ring (bicyclic) bond motifs is 7. The van der Waals surface area contributed by atoms with Gasteiger partial charge in [-0.25, -0.2) is 0 Å². The van der Waals surface area contributed by atoms with Crippen LogP contribution in [-0.4, -0.2) is 37.6 Å². The van der Waals surface area contributed by atoms with Crippen LogP contribution < -0.4 is 0 Å². The maximum absolute atomic E-state index is 6.05. The molecule has 8 unspecified atom stereocenters. The minimum Gasteiger partial charge on any atom is -0.375 e. The summed E-state index contributed by atoms with van der Waals surface area (Å²) in [6, 6.07) is 0. The summed E-state index contributed by atoms with van der Waals surface area (Å²) >= 11 is 0. The van der Waals surface area contributed by atoms with Gasteiger partial charge in [-0.15, -0.1) is 0 Å². The van der Waals surface area contributed by atoms with E-state index in [1.807, 2.05) is 0 Å². The SMILES string of the molecule is C1OC1COC1CC2CC1C1CC3OC3C21. The van der Waals surface area contributed by atoms with Gasteiger partial charge in [0.25, 0.3) is 0 Å². The number of hydrogen-bond donors (Lipinski definition) is 0. The highest BCUT2D eigenvalue weighted by Crippen LogP contribution is 2.64. The van der Waals surface area contributed by atoms with E-state index in [2.05, 4.69) is 0 Å². The Balaban J connectivity index is 1.31. The fourth-order valence-corrected chi connectivity index (χ4v) is 4.85. The van der Waals surface area contributed by atoms with E-state index in [1.165, 1.54) is 19.3 Å². The lowest BCUT2D eigenvalue weighted by Crippen LogP contribution is -2.33. The Hall–Kier alpha value is -0.120. The molecule has 3 heteroatoms. The van der Waals surface area contributed by atoms with E-state index in [-0.39, 0.29) is 0 Å². The first kappa shape index (κ1) is 8.90. The largest absolute Gasteiger partial charge is 0.375 e. The molecule has 3 saturated carbocycles. The number of rotatable bonds is 3. The molecule has 88 valence electrons. The number of ether oxygens (including phenoxy) is 3. The molecular formula is C13H18O3. The molecule has 16 heavy (non-hydrogen) atoms. The van der Waals surface area contributed by atoms with Crippen LogP contribution in [0.3, 0.4) is 0 Å². The Kier molecular flexibility index (Phi) is 1.57. The van der Waals surface area contributed by atoms with Gasteiger partial charge in [0, 0.05) is 0 Å². The van der Waals surface area contributed by atoms with Crippen molar-refractivity contribution in [2.75, 3.05) is 13.2 Å². The second-order valence-corrected chi connectivity index (χ2v) is 6.34. The van der Waals surface area contributed by atoms with Crippen LogP contribution in [0.5, 0.6) is 0 Å². The summed E-state index contributed by atoms with van der Waals surface area (Å²) in [5.74, 6) is 3.61. The zero-order valence-corrected chi connectivity index (χ0v) is 9.38. The molecule has 0 amide bonds. The summed E-state index contributed by atoms with van der Waals surface area (Å²) < 4.78 is 17.0. The zero-order chi connectivity index (χ0) is 10.3. The molecule has 3 nitrogen and oxygen atoms in total. The summed E-state index contributed by atoms with van der Waals surface area (Å²) in [5, 5.41) is 0. The molecular weight excluding hydrogens is 204 g/mol. The molecule has 0 radical (unpaired) electrons. The van der Waals surface area contributed by atoms with Crippen LogP contribution in [-0.2, 0) is 14.2 Å². The minimum atomic E-state index is 0.426. The minimum absolute atomic E-state index is 0.426. The van der Waals surface area contributed by atoms with Crippen molar-refractivity contribution in [1.29, 1.82) is 0 Å². The monoisotopic (exact) mass is 222 g/mol. The van der Waals surface area contributed by atoms with Crippen molar-refractivity contribution in [3.63, 3.8) is 0 Å². The average Bonchev–Trinajstić information content (AvgIpc) is 3.15. The summed E-state index contributed by atoms with van der Waals surface area (Å²) in [6.45, 7) is 1.76. The Morgan fingerprint density at radius 1 is 1.12 bits per heavy atom. The smallest absolute Gasteiger partial charge is 0.104 e. The number of hydrogen-bond acceptors (Lipinski definition) is 3. The summed E-state index contributed by atoms with van der Waals surface area (Å²) in [5.41, 5.74) is 0. The second-order valence-electron chi connectivity index (χ2n) is 6.34. The van der Waals surface area contributed by atoms with Crippen molar-refractivity contribution in [2.24, 2.45) is 23.7 Å². The van der Waals surface area contributed by atoms with E-state index in [4.69, 9.17) is 14.2 Å². The lowest BCUT2D eigenvalue weighted by molar-refractivity contribution is -0.0266. The van der Waals surface area contributed by atoms with Crippen molar-refractivity contribution in [2.45, 2.75) is 43.7 Å².